The lowest BCUT2D eigenvalue weighted by molar-refractivity contribution is 0.392. The van der Waals surface area contributed by atoms with E-state index in [0.29, 0.717) is 6.04 Å². The first-order valence-corrected chi connectivity index (χ1v) is 10.6. The molecule has 0 radical (unpaired) electrons. The molecule has 0 bridgehead atoms. The summed E-state index contributed by atoms with van der Waals surface area (Å²) in [4.78, 5) is 14.0. The Labute approximate surface area is 188 Å². The third-order valence-electron chi connectivity index (χ3n) is 4.56. The highest BCUT2D eigenvalue weighted by molar-refractivity contribution is 14.0. The van der Waals surface area contributed by atoms with E-state index < -0.39 is 0 Å². The SMILES string of the molecule is CCNC(=NCCc1nc(C(C)(C)C)cs1)NC1CCc2nc(C)nn2C1.I. The lowest BCUT2D eigenvalue weighted by Crippen LogP contribution is -2.47. The number of halogens is 1. The van der Waals surface area contributed by atoms with Crippen molar-refractivity contribution in [2.75, 3.05) is 13.1 Å². The Hall–Kier alpha value is -1.23. The van der Waals surface area contributed by atoms with Gasteiger partial charge in [0.05, 0.1) is 17.2 Å². The first kappa shape index (κ1) is 23.1. The highest BCUT2D eigenvalue weighted by Crippen LogP contribution is 2.24. The van der Waals surface area contributed by atoms with Gasteiger partial charge in [-0.05, 0) is 20.3 Å². The topological polar surface area (TPSA) is 80.0 Å². The van der Waals surface area contributed by atoms with Gasteiger partial charge in [0, 0.05) is 42.8 Å². The molecule has 3 heterocycles. The van der Waals surface area contributed by atoms with Gasteiger partial charge in [-0.15, -0.1) is 35.3 Å². The zero-order valence-corrected chi connectivity index (χ0v) is 20.6. The number of hydrogen-bond acceptors (Lipinski definition) is 5. The van der Waals surface area contributed by atoms with E-state index >= 15 is 0 Å². The van der Waals surface area contributed by atoms with Gasteiger partial charge in [-0.2, -0.15) is 5.10 Å². The molecule has 0 aromatic carbocycles. The van der Waals surface area contributed by atoms with E-state index in [4.69, 9.17) is 9.98 Å². The van der Waals surface area contributed by atoms with Gasteiger partial charge >= 0.3 is 0 Å². The van der Waals surface area contributed by atoms with E-state index in [-0.39, 0.29) is 29.4 Å². The van der Waals surface area contributed by atoms with Gasteiger partial charge in [0.1, 0.15) is 11.6 Å². The monoisotopic (exact) mass is 517 g/mol. The Balaban J connectivity index is 0.00000280. The normalized spacial score (nSPS) is 17.0. The van der Waals surface area contributed by atoms with Crippen molar-refractivity contribution >= 4 is 41.3 Å². The number of rotatable bonds is 5. The van der Waals surface area contributed by atoms with Crippen LogP contribution in [0.4, 0.5) is 0 Å². The van der Waals surface area contributed by atoms with E-state index in [1.165, 1.54) is 0 Å². The van der Waals surface area contributed by atoms with Crippen LogP contribution in [0.2, 0.25) is 0 Å². The smallest absolute Gasteiger partial charge is 0.191 e. The van der Waals surface area contributed by atoms with E-state index in [2.05, 4.69) is 53.8 Å². The molecule has 0 spiro atoms. The number of fused-ring (bicyclic) bond motifs is 1. The highest BCUT2D eigenvalue weighted by Gasteiger charge is 2.21. The lowest BCUT2D eigenvalue weighted by atomic mass is 9.93. The molecule has 3 rings (SSSR count). The third kappa shape index (κ3) is 6.13. The van der Waals surface area contributed by atoms with Crippen molar-refractivity contribution in [1.82, 2.24) is 30.4 Å². The molecule has 1 atom stereocenters. The predicted octanol–water partition coefficient (Wildman–Crippen LogP) is 3.07. The van der Waals surface area contributed by atoms with Crippen molar-refractivity contribution in [3.05, 3.63) is 27.7 Å². The molecular weight excluding hydrogens is 485 g/mol. The van der Waals surface area contributed by atoms with Crippen molar-refractivity contribution in [2.24, 2.45) is 4.99 Å². The molecular formula is C19H32IN7S. The quantitative estimate of drug-likeness (QED) is 0.362. The zero-order chi connectivity index (χ0) is 19.4. The molecule has 0 amide bonds. The van der Waals surface area contributed by atoms with Crippen LogP contribution in [0.25, 0.3) is 0 Å². The Morgan fingerprint density at radius 2 is 2.14 bits per heavy atom. The van der Waals surface area contributed by atoms with Crippen LogP contribution in [0.1, 0.15) is 56.5 Å². The maximum atomic E-state index is 4.76. The average molecular weight is 517 g/mol. The van der Waals surface area contributed by atoms with Crippen molar-refractivity contribution in [3.8, 4) is 0 Å². The van der Waals surface area contributed by atoms with Crippen LogP contribution in [-0.4, -0.2) is 44.8 Å². The van der Waals surface area contributed by atoms with E-state index in [0.717, 1.165) is 67.2 Å². The third-order valence-corrected chi connectivity index (χ3v) is 5.47. The summed E-state index contributed by atoms with van der Waals surface area (Å²) >= 11 is 1.73. The minimum atomic E-state index is 0. The highest BCUT2D eigenvalue weighted by atomic mass is 127. The molecule has 9 heteroatoms. The number of hydrogen-bond donors (Lipinski definition) is 2. The van der Waals surface area contributed by atoms with Crippen molar-refractivity contribution in [1.29, 1.82) is 0 Å². The predicted molar refractivity (Wildman–Crippen MR) is 126 cm³/mol. The molecule has 7 nitrogen and oxygen atoms in total. The number of thiazole rings is 1. The number of aliphatic imine (C=N–C) groups is 1. The minimum absolute atomic E-state index is 0. The summed E-state index contributed by atoms with van der Waals surface area (Å²) in [6.45, 7) is 13.0. The standard InChI is InChI=1S/C19H31N7S.HI/c1-6-20-18(21-10-9-17-24-15(12-27-17)19(3,4)5)23-14-7-8-16-22-13(2)25-26(16)11-14;/h12,14H,6-11H2,1-5H3,(H2,20,21,23);1H. The summed E-state index contributed by atoms with van der Waals surface area (Å²) in [6.07, 6.45) is 2.87. The van der Waals surface area contributed by atoms with Crippen molar-refractivity contribution in [2.45, 2.75) is 71.9 Å². The van der Waals surface area contributed by atoms with Crippen LogP contribution in [0.5, 0.6) is 0 Å². The molecule has 0 saturated carbocycles. The lowest BCUT2D eigenvalue weighted by Gasteiger charge is -2.25. The van der Waals surface area contributed by atoms with Gasteiger partial charge in [0.15, 0.2) is 5.96 Å². The Bertz CT molecular complexity index is 791. The summed E-state index contributed by atoms with van der Waals surface area (Å²) < 4.78 is 2.02. The Morgan fingerprint density at radius 3 is 2.82 bits per heavy atom. The molecule has 2 N–H and O–H groups in total. The molecule has 156 valence electrons. The minimum Gasteiger partial charge on any atom is -0.357 e. The van der Waals surface area contributed by atoms with E-state index in [9.17, 15) is 0 Å². The second-order valence-corrected chi connectivity index (χ2v) is 8.97. The van der Waals surface area contributed by atoms with Gasteiger partial charge < -0.3 is 10.6 Å². The molecule has 28 heavy (non-hydrogen) atoms. The summed E-state index contributed by atoms with van der Waals surface area (Å²) in [7, 11) is 0. The first-order valence-electron chi connectivity index (χ1n) is 9.75. The summed E-state index contributed by atoms with van der Waals surface area (Å²) in [6, 6.07) is 0.323. The van der Waals surface area contributed by atoms with Crippen LogP contribution in [0.3, 0.4) is 0 Å². The number of aryl methyl sites for hydroxylation is 2. The fraction of sp³-hybridized carbons (Fsp3) is 0.684. The second-order valence-electron chi connectivity index (χ2n) is 8.02. The van der Waals surface area contributed by atoms with Gasteiger partial charge in [0.25, 0.3) is 0 Å². The molecule has 2 aromatic heterocycles. The van der Waals surface area contributed by atoms with Gasteiger partial charge in [-0.25, -0.2) is 14.6 Å². The van der Waals surface area contributed by atoms with Crippen LogP contribution in [0.15, 0.2) is 10.4 Å². The second kappa shape index (κ2) is 10.00. The zero-order valence-electron chi connectivity index (χ0n) is 17.4. The molecule has 2 aromatic rings. The summed E-state index contributed by atoms with van der Waals surface area (Å²) in [5, 5.41) is 14.7. The van der Waals surface area contributed by atoms with Crippen LogP contribution in [0, 0.1) is 6.92 Å². The van der Waals surface area contributed by atoms with Gasteiger partial charge in [-0.1, -0.05) is 20.8 Å². The van der Waals surface area contributed by atoms with E-state index in [1.807, 2.05) is 11.6 Å². The fourth-order valence-electron chi connectivity index (χ4n) is 3.10. The Kier molecular flexibility index (Phi) is 8.23. The molecule has 1 aliphatic heterocycles. The maximum absolute atomic E-state index is 4.76. The first-order chi connectivity index (χ1) is 12.8. The summed E-state index contributed by atoms with van der Waals surface area (Å²) in [5.41, 5.74) is 1.27. The number of aromatic nitrogens is 4. The maximum Gasteiger partial charge on any atom is 0.191 e. The van der Waals surface area contributed by atoms with Crippen LogP contribution in [-0.2, 0) is 24.8 Å². The molecule has 0 fully saturated rings. The van der Waals surface area contributed by atoms with Gasteiger partial charge in [0.2, 0.25) is 0 Å². The van der Waals surface area contributed by atoms with Crippen molar-refractivity contribution < 1.29 is 0 Å². The largest absolute Gasteiger partial charge is 0.357 e. The average Bonchev–Trinajstić information content (AvgIpc) is 3.20. The van der Waals surface area contributed by atoms with E-state index in [1.54, 1.807) is 11.3 Å². The molecule has 0 saturated heterocycles. The van der Waals surface area contributed by atoms with Crippen molar-refractivity contribution in [3.63, 3.8) is 0 Å². The summed E-state index contributed by atoms with van der Waals surface area (Å²) in [5.74, 6) is 2.81. The van der Waals surface area contributed by atoms with Crippen LogP contribution >= 0.6 is 35.3 Å². The fourth-order valence-corrected chi connectivity index (χ4v) is 4.11. The van der Waals surface area contributed by atoms with Gasteiger partial charge in [-0.3, -0.25) is 4.99 Å². The molecule has 0 aliphatic carbocycles. The molecule has 1 aliphatic rings. The number of guanidine groups is 1. The molecule has 1 unspecified atom stereocenters. The number of nitrogens with zero attached hydrogens (tertiary/aromatic N) is 5. The Morgan fingerprint density at radius 1 is 1.36 bits per heavy atom. The number of nitrogens with one attached hydrogen (secondary N) is 2. The van der Waals surface area contributed by atoms with Crippen LogP contribution < -0.4 is 10.6 Å².